The average Bonchev–Trinajstić information content (AvgIpc) is 3.43. The molecule has 1 N–H and O–H groups in total. The first-order valence-electron chi connectivity index (χ1n) is 8.64. The Kier molecular flexibility index (Phi) is 5.26. The van der Waals surface area contributed by atoms with Crippen LogP contribution < -0.4 is 15.0 Å². The molecule has 0 amide bonds. The van der Waals surface area contributed by atoms with Crippen molar-refractivity contribution in [1.82, 2.24) is 10.2 Å². The van der Waals surface area contributed by atoms with Gasteiger partial charge in [-0.15, -0.1) is 0 Å². The molecule has 1 aromatic carbocycles. The summed E-state index contributed by atoms with van der Waals surface area (Å²) in [5, 5.41) is 3.52. The number of nitrogens with zero attached hydrogens (tertiary/aromatic N) is 3. The summed E-state index contributed by atoms with van der Waals surface area (Å²) in [5.41, 5.74) is 1.24. The molecular weight excluding hydrogens is 288 g/mol. The summed E-state index contributed by atoms with van der Waals surface area (Å²) < 4.78 is 5.32. The van der Waals surface area contributed by atoms with Crippen LogP contribution in [-0.2, 0) is 0 Å². The number of rotatable bonds is 5. The predicted molar refractivity (Wildman–Crippen MR) is 95.5 cm³/mol. The van der Waals surface area contributed by atoms with Crippen molar-refractivity contribution in [3.63, 3.8) is 0 Å². The molecule has 126 valence electrons. The Labute approximate surface area is 139 Å². The minimum absolute atomic E-state index is 0.919. The lowest BCUT2D eigenvalue weighted by Crippen LogP contribution is -2.52. The summed E-state index contributed by atoms with van der Waals surface area (Å²) in [4.78, 5) is 9.22. The summed E-state index contributed by atoms with van der Waals surface area (Å²) in [6, 6.07) is 8.31. The normalized spacial score (nSPS) is 19.0. The van der Waals surface area contributed by atoms with Crippen LogP contribution in [0.1, 0.15) is 19.3 Å². The van der Waals surface area contributed by atoms with Gasteiger partial charge in [-0.25, -0.2) is 0 Å². The third-order valence-electron chi connectivity index (χ3n) is 4.74. The van der Waals surface area contributed by atoms with Crippen LogP contribution in [-0.4, -0.2) is 57.7 Å². The molecule has 1 saturated heterocycles. The zero-order valence-corrected chi connectivity index (χ0v) is 14.3. The number of guanidine groups is 1. The molecular formula is C18H28N4O. The van der Waals surface area contributed by atoms with Gasteiger partial charge in [0.05, 0.1) is 7.11 Å². The first-order chi connectivity index (χ1) is 11.3. The molecule has 5 heteroatoms. The average molecular weight is 316 g/mol. The molecule has 23 heavy (non-hydrogen) atoms. The molecule has 1 aliphatic heterocycles. The van der Waals surface area contributed by atoms with Gasteiger partial charge in [-0.05, 0) is 24.5 Å². The van der Waals surface area contributed by atoms with Crippen LogP contribution in [0.15, 0.2) is 29.3 Å². The Balaban J connectivity index is 1.50. The lowest BCUT2D eigenvalue weighted by atomic mass is 10.2. The molecule has 1 heterocycles. The maximum absolute atomic E-state index is 5.32. The second-order valence-electron chi connectivity index (χ2n) is 6.38. The number of piperazine rings is 1. The summed E-state index contributed by atoms with van der Waals surface area (Å²) in [6.45, 7) is 5.07. The van der Waals surface area contributed by atoms with E-state index in [1.54, 1.807) is 7.11 Å². The van der Waals surface area contributed by atoms with Crippen LogP contribution in [0, 0.1) is 5.92 Å². The fourth-order valence-electron chi connectivity index (χ4n) is 3.11. The Morgan fingerprint density at radius 2 is 2.04 bits per heavy atom. The van der Waals surface area contributed by atoms with Gasteiger partial charge < -0.3 is 19.9 Å². The highest BCUT2D eigenvalue weighted by Gasteiger charge is 2.22. The van der Waals surface area contributed by atoms with Crippen molar-refractivity contribution >= 4 is 11.6 Å². The van der Waals surface area contributed by atoms with E-state index < -0.39 is 0 Å². The summed E-state index contributed by atoms with van der Waals surface area (Å²) in [5.74, 6) is 2.93. The summed E-state index contributed by atoms with van der Waals surface area (Å²) in [7, 11) is 3.60. The van der Waals surface area contributed by atoms with Crippen molar-refractivity contribution < 1.29 is 4.74 Å². The van der Waals surface area contributed by atoms with E-state index >= 15 is 0 Å². The van der Waals surface area contributed by atoms with Crippen molar-refractivity contribution in [1.29, 1.82) is 0 Å². The monoisotopic (exact) mass is 316 g/mol. The SMILES string of the molecule is CN=C(NCCC1CC1)N1CCN(c2cccc(OC)c2)CC1. The standard InChI is InChI=1S/C18H28N4O/c1-19-18(20-9-8-15-6-7-15)22-12-10-21(11-13-22)16-4-3-5-17(14-16)23-2/h3-5,14-15H,6-13H2,1-2H3,(H,19,20). The van der Waals surface area contributed by atoms with Gasteiger partial charge in [-0.3, -0.25) is 4.99 Å². The third-order valence-corrected chi connectivity index (χ3v) is 4.74. The van der Waals surface area contributed by atoms with Gasteiger partial charge in [-0.2, -0.15) is 0 Å². The van der Waals surface area contributed by atoms with E-state index in [1.807, 2.05) is 13.1 Å². The number of ether oxygens (including phenoxy) is 1. The van der Waals surface area contributed by atoms with Gasteiger partial charge in [0, 0.05) is 51.5 Å². The zero-order valence-electron chi connectivity index (χ0n) is 14.3. The zero-order chi connectivity index (χ0) is 16.1. The number of hydrogen-bond donors (Lipinski definition) is 1. The fourth-order valence-corrected chi connectivity index (χ4v) is 3.11. The smallest absolute Gasteiger partial charge is 0.193 e. The van der Waals surface area contributed by atoms with Crippen LogP contribution in [0.25, 0.3) is 0 Å². The molecule has 0 radical (unpaired) electrons. The fraction of sp³-hybridized carbons (Fsp3) is 0.611. The van der Waals surface area contributed by atoms with E-state index in [1.165, 1.54) is 24.9 Å². The molecule has 1 aromatic rings. The summed E-state index contributed by atoms with van der Waals surface area (Å²) >= 11 is 0. The lowest BCUT2D eigenvalue weighted by molar-refractivity contribution is 0.371. The summed E-state index contributed by atoms with van der Waals surface area (Å²) in [6.07, 6.45) is 4.11. The molecule has 0 unspecified atom stereocenters. The highest BCUT2D eigenvalue weighted by molar-refractivity contribution is 5.80. The molecule has 0 aromatic heterocycles. The van der Waals surface area contributed by atoms with E-state index in [0.29, 0.717) is 0 Å². The highest BCUT2D eigenvalue weighted by Crippen LogP contribution is 2.31. The van der Waals surface area contributed by atoms with Crippen molar-refractivity contribution in [3.8, 4) is 5.75 Å². The lowest BCUT2D eigenvalue weighted by Gasteiger charge is -2.37. The predicted octanol–water partition coefficient (Wildman–Crippen LogP) is 2.19. The number of anilines is 1. The van der Waals surface area contributed by atoms with Crippen molar-refractivity contribution in [2.24, 2.45) is 10.9 Å². The Morgan fingerprint density at radius 1 is 1.26 bits per heavy atom. The Hall–Kier alpha value is -1.91. The van der Waals surface area contributed by atoms with Crippen LogP contribution in [0.3, 0.4) is 0 Å². The minimum atomic E-state index is 0.919. The van der Waals surface area contributed by atoms with Gasteiger partial charge in [0.1, 0.15) is 5.75 Å². The molecule has 0 spiro atoms. The topological polar surface area (TPSA) is 40.1 Å². The van der Waals surface area contributed by atoms with Gasteiger partial charge in [0.2, 0.25) is 0 Å². The van der Waals surface area contributed by atoms with Crippen LogP contribution in [0.4, 0.5) is 5.69 Å². The first kappa shape index (κ1) is 16.0. The Morgan fingerprint density at radius 3 is 2.70 bits per heavy atom. The molecule has 2 fully saturated rings. The molecule has 0 bridgehead atoms. The van der Waals surface area contributed by atoms with Crippen molar-refractivity contribution in [2.75, 3.05) is 51.8 Å². The molecule has 3 rings (SSSR count). The number of methoxy groups -OCH3 is 1. The van der Waals surface area contributed by atoms with Crippen molar-refractivity contribution in [3.05, 3.63) is 24.3 Å². The Bertz CT molecular complexity index is 534. The number of benzene rings is 1. The molecule has 1 saturated carbocycles. The van der Waals surface area contributed by atoms with Gasteiger partial charge in [-0.1, -0.05) is 18.9 Å². The maximum atomic E-state index is 5.32. The number of aliphatic imine (C=N–C) groups is 1. The van der Waals surface area contributed by atoms with E-state index in [4.69, 9.17) is 4.74 Å². The second-order valence-corrected chi connectivity index (χ2v) is 6.38. The maximum Gasteiger partial charge on any atom is 0.193 e. The van der Waals surface area contributed by atoms with E-state index in [9.17, 15) is 0 Å². The molecule has 1 aliphatic carbocycles. The number of hydrogen-bond acceptors (Lipinski definition) is 3. The van der Waals surface area contributed by atoms with Crippen LogP contribution in [0.5, 0.6) is 5.75 Å². The molecule has 5 nitrogen and oxygen atoms in total. The quantitative estimate of drug-likeness (QED) is 0.668. The van der Waals surface area contributed by atoms with Gasteiger partial charge in [0.25, 0.3) is 0 Å². The van der Waals surface area contributed by atoms with E-state index in [-0.39, 0.29) is 0 Å². The van der Waals surface area contributed by atoms with E-state index in [0.717, 1.165) is 50.4 Å². The largest absolute Gasteiger partial charge is 0.497 e. The van der Waals surface area contributed by atoms with Crippen LogP contribution in [0.2, 0.25) is 0 Å². The van der Waals surface area contributed by atoms with Gasteiger partial charge >= 0.3 is 0 Å². The van der Waals surface area contributed by atoms with Crippen LogP contribution >= 0.6 is 0 Å². The minimum Gasteiger partial charge on any atom is -0.497 e. The van der Waals surface area contributed by atoms with E-state index in [2.05, 4.69) is 38.3 Å². The number of nitrogens with one attached hydrogen (secondary N) is 1. The highest BCUT2D eigenvalue weighted by atomic mass is 16.5. The van der Waals surface area contributed by atoms with Gasteiger partial charge in [0.15, 0.2) is 5.96 Å². The second kappa shape index (κ2) is 7.57. The third kappa shape index (κ3) is 4.30. The molecule has 2 aliphatic rings. The molecule has 0 atom stereocenters. The first-order valence-corrected chi connectivity index (χ1v) is 8.64. The van der Waals surface area contributed by atoms with Crippen molar-refractivity contribution in [2.45, 2.75) is 19.3 Å².